The van der Waals surface area contributed by atoms with Crippen LogP contribution in [-0.2, 0) is 9.22 Å². The van der Waals surface area contributed by atoms with Crippen LogP contribution < -0.4 is 10.4 Å². The average molecular weight is 353 g/mol. The molecule has 1 unspecified atom stereocenters. The normalized spacial score (nSPS) is 18.5. The smallest absolute Gasteiger partial charge is 0.261 e. The third-order valence-electron chi connectivity index (χ3n) is 5.35. The number of rotatable bonds is 5. The summed E-state index contributed by atoms with van der Waals surface area (Å²) in [6, 6.07) is 21.3. The fraction of sp³-hybridized carbons (Fsp3) is 0.409. The van der Waals surface area contributed by atoms with Gasteiger partial charge in [0.2, 0.25) is 0 Å². The Labute approximate surface area is 152 Å². The molecule has 0 saturated heterocycles. The Bertz CT molecular complexity index is 664. The third kappa shape index (κ3) is 3.49. The Morgan fingerprint density at radius 1 is 0.960 bits per heavy atom. The van der Waals surface area contributed by atoms with Gasteiger partial charge in [0, 0.05) is 18.9 Å². The van der Waals surface area contributed by atoms with Crippen molar-refractivity contribution in [2.24, 2.45) is 5.92 Å². The summed E-state index contributed by atoms with van der Waals surface area (Å²) in [7, 11) is -2.50. The Hall–Kier alpha value is -1.71. The zero-order chi connectivity index (χ0) is 17.9. The van der Waals surface area contributed by atoms with Gasteiger partial charge < -0.3 is 4.43 Å². The molecule has 1 aliphatic rings. The molecule has 0 radical (unpaired) electrons. The van der Waals surface area contributed by atoms with Gasteiger partial charge in [-0.1, -0.05) is 81.4 Å². The summed E-state index contributed by atoms with van der Waals surface area (Å²) in [5.41, 5.74) is 0. The van der Waals surface area contributed by atoms with Crippen molar-refractivity contribution in [2.45, 2.75) is 45.1 Å². The fourth-order valence-corrected chi connectivity index (χ4v) is 8.66. The van der Waals surface area contributed by atoms with Crippen LogP contribution in [0.5, 0.6) is 0 Å². The van der Waals surface area contributed by atoms with Gasteiger partial charge in [0.15, 0.2) is 0 Å². The quantitative estimate of drug-likeness (QED) is 0.762. The molecule has 2 aromatic carbocycles. The second kappa shape index (κ2) is 7.26. The highest BCUT2D eigenvalue weighted by atomic mass is 28.4. The van der Waals surface area contributed by atoms with Crippen LogP contribution in [0.1, 0.15) is 40.0 Å². The van der Waals surface area contributed by atoms with Gasteiger partial charge in [0.1, 0.15) is 5.78 Å². The van der Waals surface area contributed by atoms with Crippen LogP contribution in [0.2, 0.25) is 5.04 Å². The van der Waals surface area contributed by atoms with Gasteiger partial charge in [0.25, 0.3) is 8.32 Å². The van der Waals surface area contributed by atoms with Crippen molar-refractivity contribution in [3.63, 3.8) is 0 Å². The predicted molar refractivity (Wildman–Crippen MR) is 106 cm³/mol. The molecular weight excluding hydrogens is 324 g/mol. The van der Waals surface area contributed by atoms with Crippen LogP contribution in [-0.4, -0.2) is 20.7 Å². The van der Waals surface area contributed by atoms with Crippen LogP contribution in [0.15, 0.2) is 60.7 Å². The maximum atomic E-state index is 12.1. The first-order chi connectivity index (χ1) is 11.9. The number of benzene rings is 2. The van der Waals surface area contributed by atoms with E-state index < -0.39 is 8.32 Å². The molecule has 2 nitrogen and oxygen atoms in total. The highest BCUT2D eigenvalue weighted by Crippen LogP contribution is 2.37. The third-order valence-corrected chi connectivity index (χ3v) is 10.4. The van der Waals surface area contributed by atoms with E-state index in [0.717, 1.165) is 19.3 Å². The molecule has 2 aromatic rings. The van der Waals surface area contributed by atoms with Crippen LogP contribution in [0.3, 0.4) is 0 Å². The van der Waals surface area contributed by atoms with Gasteiger partial charge in [-0.15, -0.1) is 0 Å². The molecular formula is C22H28O2Si. The van der Waals surface area contributed by atoms with Crippen molar-refractivity contribution in [1.82, 2.24) is 0 Å². The Morgan fingerprint density at radius 2 is 1.48 bits per heavy atom. The number of carbonyl (C=O) groups excluding carboxylic acids is 1. The zero-order valence-corrected chi connectivity index (χ0v) is 16.5. The van der Waals surface area contributed by atoms with Crippen molar-refractivity contribution in [2.75, 3.05) is 6.61 Å². The van der Waals surface area contributed by atoms with Crippen molar-refractivity contribution in [1.29, 1.82) is 0 Å². The summed E-state index contributed by atoms with van der Waals surface area (Å²) in [6.07, 6.45) is 2.69. The molecule has 1 atom stereocenters. The summed E-state index contributed by atoms with van der Waals surface area (Å²) >= 11 is 0. The lowest BCUT2D eigenvalue weighted by Crippen LogP contribution is -2.67. The van der Waals surface area contributed by atoms with Crippen molar-refractivity contribution in [3.8, 4) is 0 Å². The molecule has 0 amide bonds. The molecule has 1 saturated carbocycles. The molecule has 0 spiro atoms. The average Bonchev–Trinajstić information content (AvgIpc) is 3.01. The van der Waals surface area contributed by atoms with Crippen molar-refractivity contribution >= 4 is 24.5 Å². The molecule has 132 valence electrons. The second-order valence-electron chi connectivity index (χ2n) is 8.03. The van der Waals surface area contributed by atoms with Gasteiger partial charge in [-0.25, -0.2) is 0 Å². The minimum Gasteiger partial charge on any atom is -0.407 e. The van der Waals surface area contributed by atoms with Crippen molar-refractivity contribution in [3.05, 3.63) is 60.7 Å². The number of hydrogen-bond donors (Lipinski definition) is 0. The summed E-state index contributed by atoms with van der Waals surface area (Å²) < 4.78 is 6.84. The van der Waals surface area contributed by atoms with E-state index in [0.29, 0.717) is 12.4 Å². The highest BCUT2D eigenvalue weighted by molar-refractivity contribution is 6.99. The molecule has 0 aliphatic heterocycles. The maximum absolute atomic E-state index is 12.1. The van der Waals surface area contributed by atoms with E-state index >= 15 is 0 Å². The minimum atomic E-state index is -2.50. The molecule has 0 aromatic heterocycles. The van der Waals surface area contributed by atoms with Gasteiger partial charge in [-0.05, 0) is 28.3 Å². The molecule has 0 heterocycles. The largest absolute Gasteiger partial charge is 0.407 e. The van der Waals surface area contributed by atoms with Crippen molar-refractivity contribution < 1.29 is 9.22 Å². The van der Waals surface area contributed by atoms with Crippen LogP contribution in [0.25, 0.3) is 0 Å². The predicted octanol–water partition coefficient (Wildman–Crippen LogP) is 3.93. The first kappa shape index (κ1) is 18.1. The highest BCUT2D eigenvalue weighted by Gasteiger charge is 2.50. The first-order valence-electron chi connectivity index (χ1n) is 9.23. The van der Waals surface area contributed by atoms with E-state index in [1.807, 2.05) is 0 Å². The van der Waals surface area contributed by atoms with E-state index in [1.54, 1.807) is 0 Å². The first-order valence-corrected chi connectivity index (χ1v) is 11.1. The molecule has 0 N–H and O–H groups in total. The minimum absolute atomic E-state index is 0.0304. The fourth-order valence-electron chi connectivity index (χ4n) is 4.05. The van der Waals surface area contributed by atoms with Crippen LogP contribution >= 0.6 is 0 Å². The monoisotopic (exact) mass is 352 g/mol. The molecule has 1 fully saturated rings. The number of carbonyl (C=O) groups is 1. The zero-order valence-electron chi connectivity index (χ0n) is 15.5. The van der Waals surface area contributed by atoms with E-state index in [4.69, 9.17) is 4.43 Å². The van der Waals surface area contributed by atoms with E-state index in [2.05, 4.69) is 81.4 Å². The summed E-state index contributed by atoms with van der Waals surface area (Å²) in [6.45, 7) is 7.37. The lowest BCUT2D eigenvalue weighted by atomic mass is 10.1. The molecule has 3 rings (SSSR count). The Kier molecular flexibility index (Phi) is 5.26. The SMILES string of the molecule is CC(C)(C)[Si](OCC1CCCC1=O)(c1ccccc1)c1ccccc1. The lowest BCUT2D eigenvalue weighted by molar-refractivity contribution is -0.121. The Balaban J connectivity index is 2.07. The molecule has 3 heteroatoms. The van der Waals surface area contributed by atoms with Gasteiger partial charge in [-0.2, -0.15) is 0 Å². The summed E-state index contributed by atoms with van der Waals surface area (Å²) in [4.78, 5) is 12.1. The lowest BCUT2D eigenvalue weighted by Gasteiger charge is -2.43. The Morgan fingerprint density at radius 3 is 1.88 bits per heavy atom. The second-order valence-corrected chi connectivity index (χ2v) is 12.3. The standard InChI is InChI=1S/C22H28O2Si/c1-22(2,3)25(19-12-6-4-7-13-19,20-14-8-5-9-15-20)24-17-18-11-10-16-21(18)23/h4-9,12-15,18H,10-11,16-17H2,1-3H3. The van der Waals surface area contributed by atoms with Gasteiger partial charge in [-0.3, -0.25) is 4.79 Å². The summed E-state index contributed by atoms with van der Waals surface area (Å²) in [5, 5.41) is 2.52. The van der Waals surface area contributed by atoms with E-state index in [-0.39, 0.29) is 11.0 Å². The van der Waals surface area contributed by atoms with E-state index in [9.17, 15) is 4.79 Å². The summed E-state index contributed by atoms with van der Waals surface area (Å²) in [5.74, 6) is 0.444. The molecule has 1 aliphatic carbocycles. The van der Waals surface area contributed by atoms with Crippen LogP contribution in [0.4, 0.5) is 0 Å². The topological polar surface area (TPSA) is 26.3 Å². The molecule has 25 heavy (non-hydrogen) atoms. The van der Waals surface area contributed by atoms with Crippen LogP contribution in [0, 0.1) is 5.92 Å². The number of Topliss-reactive ketones (excluding diaryl/α,β-unsaturated/α-hetero) is 1. The molecule has 0 bridgehead atoms. The van der Waals surface area contributed by atoms with Gasteiger partial charge in [0.05, 0.1) is 0 Å². The maximum Gasteiger partial charge on any atom is 0.261 e. The van der Waals surface area contributed by atoms with E-state index in [1.165, 1.54) is 10.4 Å². The number of ketones is 1. The van der Waals surface area contributed by atoms with Gasteiger partial charge >= 0.3 is 0 Å². The number of hydrogen-bond acceptors (Lipinski definition) is 2.